The van der Waals surface area contributed by atoms with Crippen LogP contribution in [-0.2, 0) is 20.9 Å². The summed E-state index contributed by atoms with van der Waals surface area (Å²) in [5.74, 6) is -0.313. The van der Waals surface area contributed by atoms with Crippen LogP contribution in [0.5, 0.6) is 0 Å². The molecule has 7 heteroatoms. The smallest absolute Gasteiger partial charge is 0.323 e. The molecule has 1 unspecified atom stereocenters. The second kappa shape index (κ2) is 8.70. The number of rotatable bonds is 5. The number of methoxy groups -OCH3 is 1. The Balaban J connectivity index is 1.96. The van der Waals surface area contributed by atoms with E-state index in [2.05, 4.69) is 0 Å². The molecule has 0 N–H and O–H groups in total. The Hall–Kier alpha value is -1.30. The average Bonchev–Trinajstić information content (AvgIpc) is 2.58. The summed E-state index contributed by atoms with van der Waals surface area (Å²) in [6, 6.07) is 4.99. The Morgan fingerprint density at radius 3 is 2.71 bits per heavy atom. The molecule has 1 atom stereocenters. The summed E-state index contributed by atoms with van der Waals surface area (Å²) in [7, 11) is 3.12. The van der Waals surface area contributed by atoms with Gasteiger partial charge >= 0.3 is 5.97 Å². The van der Waals surface area contributed by atoms with E-state index in [4.69, 9.17) is 27.9 Å². The third kappa shape index (κ3) is 4.85. The number of nitrogens with zero attached hydrogens (tertiary/aromatic N) is 2. The van der Waals surface area contributed by atoms with Crippen LogP contribution in [0.25, 0.3) is 0 Å². The molecule has 0 aromatic heterocycles. The standard InChI is InChI=1S/C17H22Cl2N2O3/c1-20(10-12-6-7-13(18)14(19)9-12)16(22)11-21-8-4-3-5-15(21)17(23)24-2/h6-7,9,15H,3-5,8,10-11H2,1-2H3. The van der Waals surface area contributed by atoms with Crippen molar-refractivity contribution in [3.63, 3.8) is 0 Å². The highest BCUT2D eigenvalue weighted by atomic mass is 35.5. The van der Waals surface area contributed by atoms with Crippen LogP contribution in [-0.4, -0.2) is 55.0 Å². The third-order valence-electron chi connectivity index (χ3n) is 4.25. The van der Waals surface area contributed by atoms with Crippen LogP contribution in [0.1, 0.15) is 24.8 Å². The first-order chi connectivity index (χ1) is 11.4. The molecule has 0 aliphatic carbocycles. The number of likely N-dealkylation sites (tertiary alicyclic amines) is 1. The molecule has 1 saturated heterocycles. The van der Waals surface area contributed by atoms with Crippen molar-refractivity contribution in [3.05, 3.63) is 33.8 Å². The number of hydrogen-bond donors (Lipinski definition) is 0. The Morgan fingerprint density at radius 1 is 1.29 bits per heavy atom. The largest absolute Gasteiger partial charge is 0.468 e. The average molecular weight is 373 g/mol. The number of likely N-dealkylation sites (N-methyl/N-ethyl adjacent to an activating group) is 1. The number of hydrogen-bond acceptors (Lipinski definition) is 4. The first kappa shape index (κ1) is 19.0. The normalized spacial score (nSPS) is 18.2. The van der Waals surface area contributed by atoms with Crippen molar-refractivity contribution in [1.82, 2.24) is 9.80 Å². The van der Waals surface area contributed by atoms with E-state index >= 15 is 0 Å². The molecule has 0 bridgehead atoms. The summed E-state index contributed by atoms with van der Waals surface area (Å²) in [6.07, 6.45) is 2.69. The van der Waals surface area contributed by atoms with Gasteiger partial charge in [-0.15, -0.1) is 0 Å². The van der Waals surface area contributed by atoms with Crippen molar-refractivity contribution < 1.29 is 14.3 Å². The lowest BCUT2D eigenvalue weighted by molar-refractivity contribution is -0.149. The van der Waals surface area contributed by atoms with Gasteiger partial charge in [-0.1, -0.05) is 35.7 Å². The highest BCUT2D eigenvalue weighted by molar-refractivity contribution is 6.42. The van der Waals surface area contributed by atoms with E-state index in [1.807, 2.05) is 11.0 Å². The van der Waals surface area contributed by atoms with Gasteiger partial charge in [-0.2, -0.15) is 0 Å². The molecule has 1 aliphatic rings. The van der Waals surface area contributed by atoms with Gasteiger partial charge in [-0.05, 0) is 37.1 Å². The van der Waals surface area contributed by atoms with Crippen molar-refractivity contribution >= 4 is 35.1 Å². The highest BCUT2D eigenvalue weighted by Crippen LogP contribution is 2.23. The zero-order chi connectivity index (χ0) is 17.7. The van der Waals surface area contributed by atoms with Crippen molar-refractivity contribution in [3.8, 4) is 0 Å². The van der Waals surface area contributed by atoms with Crippen molar-refractivity contribution in [2.45, 2.75) is 31.8 Å². The van der Waals surface area contributed by atoms with E-state index in [9.17, 15) is 9.59 Å². The molecule has 0 saturated carbocycles. The van der Waals surface area contributed by atoms with E-state index in [1.54, 1.807) is 24.1 Å². The van der Waals surface area contributed by atoms with Crippen molar-refractivity contribution in [2.75, 3.05) is 27.2 Å². The molecular weight excluding hydrogens is 351 g/mol. The second-order valence-corrected chi connectivity index (χ2v) is 6.82. The van der Waals surface area contributed by atoms with Gasteiger partial charge in [0, 0.05) is 13.6 Å². The van der Waals surface area contributed by atoms with Crippen LogP contribution in [0.15, 0.2) is 18.2 Å². The van der Waals surface area contributed by atoms with Gasteiger partial charge in [0.15, 0.2) is 0 Å². The topological polar surface area (TPSA) is 49.9 Å². The fourth-order valence-corrected chi connectivity index (χ4v) is 3.20. The Labute approximate surface area is 152 Å². The molecule has 0 spiro atoms. The molecule has 2 rings (SSSR count). The molecule has 1 aliphatic heterocycles. The van der Waals surface area contributed by atoms with Gasteiger partial charge in [0.25, 0.3) is 0 Å². The van der Waals surface area contributed by atoms with Crippen LogP contribution >= 0.6 is 23.2 Å². The zero-order valence-electron chi connectivity index (χ0n) is 13.9. The van der Waals surface area contributed by atoms with Gasteiger partial charge in [-0.25, -0.2) is 0 Å². The van der Waals surface area contributed by atoms with Crippen LogP contribution in [0.3, 0.4) is 0 Å². The Kier molecular flexibility index (Phi) is 6.90. The van der Waals surface area contributed by atoms with Crippen LogP contribution < -0.4 is 0 Å². The number of carbonyl (C=O) groups is 2. The van der Waals surface area contributed by atoms with E-state index in [0.29, 0.717) is 16.6 Å². The first-order valence-corrected chi connectivity index (χ1v) is 8.67. The van der Waals surface area contributed by atoms with E-state index < -0.39 is 0 Å². The maximum atomic E-state index is 12.5. The minimum Gasteiger partial charge on any atom is -0.468 e. The van der Waals surface area contributed by atoms with E-state index in [-0.39, 0.29) is 24.5 Å². The molecule has 1 fully saturated rings. The summed E-state index contributed by atoms with van der Waals surface area (Å²) < 4.78 is 4.85. The number of carbonyl (C=O) groups excluding carboxylic acids is 2. The highest BCUT2D eigenvalue weighted by Gasteiger charge is 2.31. The summed E-state index contributed by atoms with van der Waals surface area (Å²) in [5, 5.41) is 0.959. The predicted molar refractivity (Wildman–Crippen MR) is 94.2 cm³/mol. The van der Waals surface area contributed by atoms with Gasteiger partial charge in [0.2, 0.25) is 5.91 Å². The van der Waals surface area contributed by atoms with E-state index in [1.165, 1.54) is 7.11 Å². The van der Waals surface area contributed by atoms with Gasteiger partial charge in [0.05, 0.1) is 23.7 Å². The fourth-order valence-electron chi connectivity index (χ4n) is 2.88. The van der Waals surface area contributed by atoms with Crippen LogP contribution in [0.4, 0.5) is 0 Å². The maximum absolute atomic E-state index is 12.5. The van der Waals surface area contributed by atoms with Crippen molar-refractivity contribution in [2.24, 2.45) is 0 Å². The molecular formula is C17H22Cl2N2O3. The summed E-state index contributed by atoms with van der Waals surface area (Å²) >= 11 is 11.9. The SMILES string of the molecule is COC(=O)C1CCCCN1CC(=O)N(C)Cc1ccc(Cl)c(Cl)c1. The van der Waals surface area contributed by atoms with Crippen LogP contribution in [0.2, 0.25) is 10.0 Å². The lowest BCUT2D eigenvalue weighted by atomic mass is 10.0. The number of halogens is 2. The summed E-state index contributed by atoms with van der Waals surface area (Å²) in [4.78, 5) is 27.9. The van der Waals surface area contributed by atoms with Gasteiger partial charge in [-0.3, -0.25) is 14.5 Å². The fraction of sp³-hybridized carbons (Fsp3) is 0.529. The third-order valence-corrected chi connectivity index (χ3v) is 4.99. The zero-order valence-corrected chi connectivity index (χ0v) is 15.4. The molecule has 5 nitrogen and oxygen atoms in total. The molecule has 0 radical (unpaired) electrons. The maximum Gasteiger partial charge on any atom is 0.323 e. The monoisotopic (exact) mass is 372 g/mol. The van der Waals surface area contributed by atoms with Gasteiger partial charge < -0.3 is 9.64 Å². The quantitative estimate of drug-likeness (QED) is 0.745. The second-order valence-electron chi connectivity index (χ2n) is 6.00. The minimum absolute atomic E-state index is 0.0446. The molecule has 1 amide bonds. The molecule has 1 heterocycles. The van der Waals surface area contributed by atoms with E-state index in [0.717, 1.165) is 31.4 Å². The summed E-state index contributed by atoms with van der Waals surface area (Å²) in [6.45, 7) is 1.37. The Morgan fingerprint density at radius 2 is 2.04 bits per heavy atom. The number of piperidine rings is 1. The lowest BCUT2D eigenvalue weighted by Crippen LogP contribution is -2.49. The minimum atomic E-state index is -0.328. The van der Waals surface area contributed by atoms with Gasteiger partial charge in [0.1, 0.15) is 6.04 Å². The molecule has 24 heavy (non-hydrogen) atoms. The Bertz CT molecular complexity index is 609. The molecule has 1 aromatic rings. The first-order valence-electron chi connectivity index (χ1n) is 7.92. The van der Waals surface area contributed by atoms with Crippen LogP contribution in [0, 0.1) is 0 Å². The molecule has 132 valence electrons. The number of esters is 1. The predicted octanol–water partition coefficient (Wildman–Crippen LogP) is 2.98. The number of benzene rings is 1. The molecule has 1 aromatic carbocycles. The number of amides is 1. The number of ether oxygens (including phenoxy) is 1. The lowest BCUT2D eigenvalue weighted by Gasteiger charge is -2.34. The summed E-state index contributed by atoms with van der Waals surface area (Å²) in [5.41, 5.74) is 0.906. The van der Waals surface area contributed by atoms with Crippen molar-refractivity contribution in [1.29, 1.82) is 0 Å².